The zero-order valence-corrected chi connectivity index (χ0v) is 11.0. The van der Waals surface area contributed by atoms with E-state index in [4.69, 9.17) is 16.3 Å². The molecular formula is C14H15ClO3. The molecule has 0 radical (unpaired) electrons. The normalized spacial score (nSPS) is 14.3. The summed E-state index contributed by atoms with van der Waals surface area (Å²) in [4.78, 5) is 11.8. The quantitative estimate of drug-likeness (QED) is 0.852. The van der Waals surface area contributed by atoms with Crippen molar-refractivity contribution < 1.29 is 14.6 Å². The van der Waals surface area contributed by atoms with Crippen LogP contribution in [-0.2, 0) is 16.0 Å². The highest BCUT2D eigenvalue weighted by atomic mass is 35.5. The Hall–Kier alpha value is -1.48. The zero-order valence-electron chi connectivity index (χ0n) is 10.2. The second-order valence-electron chi connectivity index (χ2n) is 4.26. The lowest BCUT2D eigenvalue weighted by Gasteiger charge is -2.18. The number of fused-ring (bicyclic) bond motifs is 1. The van der Waals surface area contributed by atoms with E-state index in [1.807, 2.05) is 13.0 Å². The van der Waals surface area contributed by atoms with Crippen LogP contribution in [0.15, 0.2) is 23.8 Å². The first-order valence-corrected chi connectivity index (χ1v) is 6.39. The van der Waals surface area contributed by atoms with Gasteiger partial charge in [0.25, 0.3) is 0 Å². The summed E-state index contributed by atoms with van der Waals surface area (Å²) in [6, 6.07) is 5.34. The van der Waals surface area contributed by atoms with Gasteiger partial charge in [-0.3, -0.25) is 0 Å². The van der Waals surface area contributed by atoms with Crippen LogP contribution in [0.1, 0.15) is 30.9 Å². The van der Waals surface area contributed by atoms with Crippen LogP contribution >= 0.6 is 11.6 Å². The number of hydrogen-bond acceptors (Lipinski definition) is 3. The third-order valence-corrected chi connectivity index (χ3v) is 3.18. The van der Waals surface area contributed by atoms with E-state index in [0.717, 1.165) is 12.0 Å². The molecule has 1 aliphatic rings. The number of aryl methyl sites for hydroxylation is 1. The Bertz CT molecular complexity index is 506. The van der Waals surface area contributed by atoms with E-state index >= 15 is 0 Å². The van der Waals surface area contributed by atoms with E-state index in [1.54, 1.807) is 12.1 Å². The van der Waals surface area contributed by atoms with Gasteiger partial charge in [-0.1, -0.05) is 24.6 Å². The molecule has 0 amide bonds. The van der Waals surface area contributed by atoms with Crippen molar-refractivity contribution in [3.63, 3.8) is 0 Å². The first-order chi connectivity index (χ1) is 8.63. The van der Waals surface area contributed by atoms with Crippen molar-refractivity contribution in [2.24, 2.45) is 0 Å². The summed E-state index contributed by atoms with van der Waals surface area (Å²) in [6.45, 7) is 2.30. The zero-order chi connectivity index (χ0) is 13.1. The van der Waals surface area contributed by atoms with Gasteiger partial charge < -0.3 is 9.84 Å². The number of halogens is 1. The Morgan fingerprint density at radius 1 is 1.44 bits per heavy atom. The van der Waals surface area contributed by atoms with E-state index in [0.29, 0.717) is 35.6 Å². The summed E-state index contributed by atoms with van der Waals surface area (Å²) >= 11 is 5.90. The molecule has 1 aromatic rings. The topological polar surface area (TPSA) is 46.5 Å². The standard InChI is InChI=1S/C14H15ClO3/c1-2-7-18-14(17)11-6-4-9-3-5-10(15)8-12(9)13(11)16/h3,5,8,16H,2,4,6-7H2,1H3. The molecule has 0 heterocycles. The molecule has 0 bridgehead atoms. The number of ether oxygens (including phenoxy) is 1. The van der Waals surface area contributed by atoms with Gasteiger partial charge in [-0.25, -0.2) is 4.79 Å². The van der Waals surface area contributed by atoms with Crippen molar-refractivity contribution in [2.75, 3.05) is 6.61 Å². The molecule has 0 saturated carbocycles. The van der Waals surface area contributed by atoms with E-state index < -0.39 is 5.97 Å². The van der Waals surface area contributed by atoms with Crippen molar-refractivity contribution in [1.29, 1.82) is 0 Å². The molecule has 0 spiro atoms. The van der Waals surface area contributed by atoms with Gasteiger partial charge in [0.2, 0.25) is 0 Å². The number of carbonyl (C=O) groups is 1. The molecule has 0 fully saturated rings. The van der Waals surface area contributed by atoms with Crippen LogP contribution < -0.4 is 0 Å². The average Bonchev–Trinajstić information content (AvgIpc) is 2.37. The fraction of sp³-hybridized carbons (Fsp3) is 0.357. The van der Waals surface area contributed by atoms with Gasteiger partial charge in [-0.2, -0.15) is 0 Å². The maximum Gasteiger partial charge on any atom is 0.337 e. The Morgan fingerprint density at radius 2 is 2.22 bits per heavy atom. The molecule has 1 aliphatic carbocycles. The van der Waals surface area contributed by atoms with E-state index in [-0.39, 0.29) is 5.76 Å². The van der Waals surface area contributed by atoms with Crippen LogP contribution in [-0.4, -0.2) is 17.7 Å². The molecule has 1 aromatic carbocycles. The van der Waals surface area contributed by atoms with Gasteiger partial charge >= 0.3 is 5.97 Å². The molecule has 0 saturated heterocycles. The second-order valence-corrected chi connectivity index (χ2v) is 4.70. The minimum absolute atomic E-state index is 0.000136. The van der Waals surface area contributed by atoms with Crippen LogP contribution in [0, 0.1) is 0 Å². The molecule has 3 nitrogen and oxygen atoms in total. The average molecular weight is 267 g/mol. The SMILES string of the molecule is CCCOC(=O)C1=C(O)c2cc(Cl)ccc2CC1. The van der Waals surface area contributed by atoms with Crippen molar-refractivity contribution in [1.82, 2.24) is 0 Å². The minimum Gasteiger partial charge on any atom is -0.507 e. The Balaban J connectivity index is 2.32. The van der Waals surface area contributed by atoms with Gasteiger partial charge in [-0.05, 0) is 37.0 Å². The summed E-state index contributed by atoms with van der Waals surface area (Å²) in [5.41, 5.74) is 1.99. The van der Waals surface area contributed by atoms with Crippen molar-refractivity contribution in [3.05, 3.63) is 39.9 Å². The monoisotopic (exact) mass is 266 g/mol. The lowest BCUT2D eigenvalue weighted by Crippen LogP contribution is -2.15. The van der Waals surface area contributed by atoms with Gasteiger partial charge in [0.05, 0.1) is 12.2 Å². The molecule has 0 unspecified atom stereocenters. The number of aliphatic hydroxyl groups is 1. The Morgan fingerprint density at radius 3 is 2.94 bits per heavy atom. The number of carbonyl (C=O) groups excluding carboxylic acids is 1. The van der Waals surface area contributed by atoms with Crippen LogP contribution in [0.4, 0.5) is 0 Å². The number of benzene rings is 1. The highest BCUT2D eigenvalue weighted by molar-refractivity contribution is 6.30. The molecule has 0 atom stereocenters. The molecule has 0 aromatic heterocycles. The van der Waals surface area contributed by atoms with Crippen molar-refractivity contribution >= 4 is 23.3 Å². The fourth-order valence-electron chi connectivity index (χ4n) is 2.01. The molecule has 0 aliphatic heterocycles. The highest BCUT2D eigenvalue weighted by Gasteiger charge is 2.24. The molecule has 1 N–H and O–H groups in total. The van der Waals surface area contributed by atoms with E-state index in [1.165, 1.54) is 0 Å². The van der Waals surface area contributed by atoms with Crippen LogP contribution in [0.25, 0.3) is 5.76 Å². The van der Waals surface area contributed by atoms with E-state index in [2.05, 4.69) is 0 Å². The predicted molar refractivity (Wildman–Crippen MR) is 70.6 cm³/mol. The minimum atomic E-state index is -0.431. The second kappa shape index (κ2) is 5.44. The smallest absolute Gasteiger partial charge is 0.337 e. The fourth-order valence-corrected chi connectivity index (χ4v) is 2.18. The summed E-state index contributed by atoms with van der Waals surface area (Å²) in [5, 5.41) is 10.7. The van der Waals surface area contributed by atoms with Crippen LogP contribution in [0.3, 0.4) is 0 Å². The van der Waals surface area contributed by atoms with Crippen molar-refractivity contribution in [2.45, 2.75) is 26.2 Å². The lowest BCUT2D eigenvalue weighted by atomic mass is 9.90. The number of esters is 1. The number of hydrogen-bond donors (Lipinski definition) is 1. The van der Waals surface area contributed by atoms with Gasteiger partial charge in [0, 0.05) is 10.6 Å². The summed E-state index contributed by atoms with van der Waals surface area (Å²) in [7, 11) is 0. The molecular weight excluding hydrogens is 252 g/mol. The lowest BCUT2D eigenvalue weighted by molar-refractivity contribution is -0.139. The largest absolute Gasteiger partial charge is 0.507 e. The molecule has 4 heteroatoms. The third kappa shape index (κ3) is 2.51. The Labute approximate surface area is 111 Å². The maximum atomic E-state index is 11.8. The summed E-state index contributed by atoms with van der Waals surface area (Å²) < 4.78 is 5.06. The molecule has 96 valence electrons. The summed E-state index contributed by atoms with van der Waals surface area (Å²) in [5.74, 6) is -0.431. The van der Waals surface area contributed by atoms with Gasteiger partial charge in [0.15, 0.2) is 0 Å². The van der Waals surface area contributed by atoms with E-state index in [9.17, 15) is 9.90 Å². The molecule has 18 heavy (non-hydrogen) atoms. The van der Waals surface area contributed by atoms with Crippen molar-refractivity contribution in [3.8, 4) is 0 Å². The van der Waals surface area contributed by atoms with Gasteiger partial charge in [0.1, 0.15) is 5.76 Å². The third-order valence-electron chi connectivity index (χ3n) is 2.94. The number of aliphatic hydroxyl groups excluding tert-OH is 1. The van der Waals surface area contributed by atoms with Crippen LogP contribution in [0.5, 0.6) is 0 Å². The maximum absolute atomic E-state index is 11.8. The Kier molecular flexibility index (Phi) is 3.92. The number of rotatable bonds is 3. The first kappa shape index (κ1) is 13.0. The van der Waals surface area contributed by atoms with Gasteiger partial charge in [-0.15, -0.1) is 0 Å². The summed E-state index contributed by atoms with van der Waals surface area (Å²) in [6.07, 6.45) is 1.98. The van der Waals surface area contributed by atoms with Crippen LogP contribution in [0.2, 0.25) is 5.02 Å². The molecule has 2 rings (SSSR count). The first-order valence-electron chi connectivity index (χ1n) is 6.01. The predicted octanol–water partition coefficient (Wildman–Crippen LogP) is 3.51. The highest BCUT2D eigenvalue weighted by Crippen LogP contribution is 2.32.